The van der Waals surface area contributed by atoms with Crippen LogP contribution in [-0.2, 0) is 6.42 Å². The van der Waals surface area contributed by atoms with E-state index in [0.717, 1.165) is 34.4 Å². The van der Waals surface area contributed by atoms with Gasteiger partial charge in [-0.15, -0.1) is 0 Å². The monoisotopic (exact) mass is 329 g/mol. The summed E-state index contributed by atoms with van der Waals surface area (Å²) in [7, 11) is 0. The van der Waals surface area contributed by atoms with Gasteiger partial charge in [0.15, 0.2) is 0 Å². The van der Waals surface area contributed by atoms with Crippen molar-refractivity contribution in [2.75, 3.05) is 6.54 Å². The van der Waals surface area contributed by atoms with E-state index in [1.165, 1.54) is 31.2 Å². The normalized spacial score (nSPS) is 23.5. The van der Waals surface area contributed by atoms with Crippen LogP contribution in [0.4, 0.5) is 0 Å². The van der Waals surface area contributed by atoms with Gasteiger partial charge in [-0.2, -0.15) is 0 Å². The van der Waals surface area contributed by atoms with Crippen LogP contribution in [0.3, 0.4) is 0 Å². The van der Waals surface area contributed by atoms with Gasteiger partial charge in [0.05, 0.1) is 0 Å². The van der Waals surface area contributed by atoms with E-state index in [2.05, 4.69) is 40.3 Å². The van der Waals surface area contributed by atoms with Crippen LogP contribution in [-0.4, -0.2) is 12.6 Å². The van der Waals surface area contributed by atoms with Gasteiger partial charge in [0, 0.05) is 15.5 Å². The van der Waals surface area contributed by atoms with Crippen LogP contribution in [0.5, 0.6) is 0 Å². The fourth-order valence-corrected chi connectivity index (χ4v) is 3.54. The molecule has 1 aliphatic carbocycles. The van der Waals surface area contributed by atoms with Crippen molar-refractivity contribution in [3.05, 3.63) is 33.3 Å². The maximum Gasteiger partial charge on any atom is 0.0449 e. The molecule has 0 spiro atoms. The summed E-state index contributed by atoms with van der Waals surface area (Å²) in [6.07, 6.45) is 6.29. The lowest BCUT2D eigenvalue weighted by molar-refractivity contribution is 0.484. The highest BCUT2D eigenvalue weighted by molar-refractivity contribution is 9.10. The number of halogens is 2. The van der Waals surface area contributed by atoms with Gasteiger partial charge >= 0.3 is 0 Å². The molecule has 0 radical (unpaired) electrons. The molecule has 1 aromatic carbocycles. The molecule has 0 bridgehead atoms. The molecule has 0 amide bonds. The fraction of sp³-hybridized carbons (Fsp3) is 0.600. The van der Waals surface area contributed by atoms with Gasteiger partial charge in [0.1, 0.15) is 0 Å². The minimum absolute atomic E-state index is 0.726. The van der Waals surface area contributed by atoms with E-state index in [0.29, 0.717) is 0 Å². The minimum atomic E-state index is 0.726. The van der Waals surface area contributed by atoms with Crippen molar-refractivity contribution in [3.63, 3.8) is 0 Å². The lowest BCUT2D eigenvalue weighted by atomic mass is 9.98. The molecule has 100 valence electrons. The Hall–Kier alpha value is -0.0500. The van der Waals surface area contributed by atoms with Gasteiger partial charge in [-0.05, 0) is 62.3 Å². The first-order valence-electron chi connectivity index (χ1n) is 6.86. The number of hydrogen-bond donors (Lipinski definition) is 1. The number of nitrogens with one attached hydrogen (secondary N) is 1. The van der Waals surface area contributed by atoms with Crippen molar-refractivity contribution in [1.82, 2.24) is 5.32 Å². The van der Waals surface area contributed by atoms with E-state index >= 15 is 0 Å². The Kier molecular flexibility index (Phi) is 5.53. The predicted octanol–water partition coefficient (Wildman–Crippen LogP) is 4.81. The Balaban J connectivity index is 1.87. The van der Waals surface area contributed by atoms with Crippen molar-refractivity contribution in [2.24, 2.45) is 5.92 Å². The fourth-order valence-electron chi connectivity index (χ4n) is 2.79. The topological polar surface area (TPSA) is 12.0 Å². The van der Waals surface area contributed by atoms with Crippen LogP contribution < -0.4 is 5.32 Å². The number of hydrogen-bond acceptors (Lipinski definition) is 1. The first-order valence-corrected chi connectivity index (χ1v) is 8.03. The van der Waals surface area contributed by atoms with Crippen LogP contribution in [0.15, 0.2) is 22.7 Å². The smallest absolute Gasteiger partial charge is 0.0449 e. The van der Waals surface area contributed by atoms with Crippen molar-refractivity contribution >= 4 is 27.5 Å². The Bertz CT molecular complexity index is 394. The average molecular weight is 331 g/mol. The van der Waals surface area contributed by atoms with E-state index in [1.54, 1.807) is 0 Å². The molecule has 2 rings (SSSR count). The van der Waals surface area contributed by atoms with Gasteiger partial charge < -0.3 is 5.32 Å². The van der Waals surface area contributed by atoms with E-state index in [9.17, 15) is 0 Å². The Morgan fingerprint density at radius 1 is 1.39 bits per heavy atom. The minimum Gasteiger partial charge on any atom is -0.314 e. The number of benzene rings is 1. The maximum atomic E-state index is 6.28. The first-order chi connectivity index (χ1) is 8.69. The largest absolute Gasteiger partial charge is 0.314 e. The summed E-state index contributed by atoms with van der Waals surface area (Å²) in [6, 6.07) is 6.96. The first kappa shape index (κ1) is 14.4. The number of rotatable bonds is 5. The van der Waals surface area contributed by atoms with Crippen molar-refractivity contribution in [2.45, 2.75) is 45.1 Å². The van der Waals surface area contributed by atoms with E-state index in [-0.39, 0.29) is 0 Å². The molecule has 1 nitrogen and oxygen atoms in total. The second-order valence-corrected chi connectivity index (χ2v) is 6.59. The van der Waals surface area contributed by atoms with Gasteiger partial charge in [-0.1, -0.05) is 40.5 Å². The van der Waals surface area contributed by atoms with Crippen molar-refractivity contribution in [1.29, 1.82) is 0 Å². The van der Waals surface area contributed by atoms with E-state index < -0.39 is 0 Å². The van der Waals surface area contributed by atoms with Gasteiger partial charge in [-0.25, -0.2) is 0 Å². The third-order valence-corrected chi connectivity index (χ3v) is 4.59. The summed E-state index contributed by atoms with van der Waals surface area (Å²) < 4.78 is 1.06. The second kappa shape index (κ2) is 6.93. The molecular formula is C15H21BrClN. The molecule has 18 heavy (non-hydrogen) atoms. The molecule has 2 atom stereocenters. The molecule has 0 aromatic heterocycles. The summed E-state index contributed by atoms with van der Waals surface area (Å²) in [4.78, 5) is 0. The molecule has 2 unspecified atom stereocenters. The van der Waals surface area contributed by atoms with Crippen LogP contribution in [0, 0.1) is 5.92 Å². The van der Waals surface area contributed by atoms with Crippen LogP contribution >= 0.6 is 27.5 Å². The summed E-state index contributed by atoms with van der Waals surface area (Å²) >= 11 is 9.73. The summed E-state index contributed by atoms with van der Waals surface area (Å²) in [5, 5.41) is 4.53. The maximum absolute atomic E-state index is 6.28. The predicted molar refractivity (Wildman–Crippen MR) is 82.3 cm³/mol. The highest BCUT2D eigenvalue weighted by Gasteiger charge is 2.24. The van der Waals surface area contributed by atoms with Crippen LogP contribution in [0.1, 0.15) is 38.2 Å². The molecule has 1 N–H and O–H groups in total. The van der Waals surface area contributed by atoms with E-state index in [1.807, 2.05) is 6.07 Å². The lowest BCUT2D eigenvalue weighted by Crippen LogP contribution is -2.27. The van der Waals surface area contributed by atoms with Gasteiger partial charge in [0.25, 0.3) is 0 Å². The van der Waals surface area contributed by atoms with Gasteiger partial charge in [-0.3, -0.25) is 0 Å². The summed E-state index contributed by atoms with van der Waals surface area (Å²) in [5.41, 5.74) is 1.29. The molecule has 0 aliphatic heterocycles. The molecule has 0 saturated heterocycles. The second-order valence-electron chi connectivity index (χ2n) is 5.27. The quantitative estimate of drug-likeness (QED) is 0.816. The molecular weight excluding hydrogens is 310 g/mol. The average Bonchev–Trinajstić information content (AvgIpc) is 2.78. The van der Waals surface area contributed by atoms with Crippen LogP contribution in [0.2, 0.25) is 5.02 Å². The highest BCUT2D eigenvalue weighted by Crippen LogP contribution is 2.31. The summed E-state index contributed by atoms with van der Waals surface area (Å²) in [5.74, 6) is 0.790. The van der Waals surface area contributed by atoms with E-state index in [4.69, 9.17) is 11.6 Å². The molecule has 1 saturated carbocycles. The summed E-state index contributed by atoms with van der Waals surface area (Å²) in [6.45, 7) is 3.37. The third kappa shape index (κ3) is 3.97. The zero-order chi connectivity index (χ0) is 13.0. The standard InChI is InChI=1S/C15H21BrClN/c1-2-7-18-14-6-3-11(9-14)8-12-4-5-13(16)10-15(12)17/h4-5,10-11,14,18H,2-3,6-9H2,1H3. The van der Waals surface area contributed by atoms with Crippen molar-refractivity contribution < 1.29 is 0 Å². The molecule has 1 aromatic rings. The highest BCUT2D eigenvalue weighted by atomic mass is 79.9. The van der Waals surface area contributed by atoms with Gasteiger partial charge in [0.2, 0.25) is 0 Å². The lowest BCUT2D eigenvalue weighted by Gasteiger charge is -2.13. The Labute approximate surface area is 123 Å². The SMILES string of the molecule is CCCNC1CCC(Cc2ccc(Br)cc2Cl)C1. The molecule has 3 heteroatoms. The van der Waals surface area contributed by atoms with Crippen molar-refractivity contribution in [3.8, 4) is 0 Å². The Morgan fingerprint density at radius 2 is 2.22 bits per heavy atom. The molecule has 1 fully saturated rings. The molecule has 0 heterocycles. The zero-order valence-electron chi connectivity index (χ0n) is 10.9. The Morgan fingerprint density at radius 3 is 2.94 bits per heavy atom. The molecule has 1 aliphatic rings. The van der Waals surface area contributed by atoms with Crippen LogP contribution in [0.25, 0.3) is 0 Å². The zero-order valence-corrected chi connectivity index (χ0v) is 13.2. The third-order valence-electron chi connectivity index (χ3n) is 3.75.